The van der Waals surface area contributed by atoms with Crippen molar-refractivity contribution in [3.8, 4) is 39.8 Å². The monoisotopic (exact) mass is 753 g/mol. The molecule has 0 saturated carbocycles. The number of nitrogens with one attached hydrogen (secondary N) is 2. The Morgan fingerprint density at radius 2 is 1.25 bits per heavy atom. The standard InChI is InChI=1S/C44H55N3O8/c1-44(2,3)55-43(50)46-27-16-26-45-40(48)23-15-30-53-39-22-14-21-38(36(39)24-25-42(49)51-4)52-28-12-7-13-29-54-41-32-35(33-17-8-5-9-18-33)31-37(47-41)34-19-10-6-11-20-34/h5-6,8-11,14,17-22,31-32H,7,12-13,15-16,23-30H2,1-4H3,(H,45,48)(H,46,50). The Labute approximate surface area is 325 Å². The fraction of sp³-hybridized carbons (Fsp3) is 0.409. The third-order valence-corrected chi connectivity index (χ3v) is 8.32. The lowest BCUT2D eigenvalue weighted by molar-refractivity contribution is -0.140. The Morgan fingerprint density at radius 3 is 1.91 bits per heavy atom. The first-order chi connectivity index (χ1) is 26.6. The van der Waals surface area contributed by atoms with Gasteiger partial charge in [0, 0.05) is 43.1 Å². The van der Waals surface area contributed by atoms with Gasteiger partial charge in [0.2, 0.25) is 11.8 Å². The molecule has 0 aliphatic heterocycles. The van der Waals surface area contributed by atoms with Crippen LogP contribution in [0.2, 0.25) is 0 Å². The van der Waals surface area contributed by atoms with E-state index in [4.69, 9.17) is 28.7 Å². The molecule has 4 rings (SSSR count). The zero-order valence-corrected chi connectivity index (χ0v) is 32.6. The number of methoxy groups -OCH3 is 1. The highest BCUT2D eigenvalue weighted by atomic mass is 16.6. The number of hydrogen-bond acceptors (Lipinski definition) is 9. The minimum absolute atomic E-state index is 0.0943. The Balaban J connectivity index is 1.21. The molecule has 1 aromatic heterocycles. The van der Waals surface area contributed by atoms with E-state index >= 15 is 0 Å². The van der Waals surface area contributed by atoms with Crippen LogP contribution in [0.1, 0.15) is 71.3 Å². The van der Waals surface area contributed by atoms with Crippen molar-refractivity contribution in [2.24, 2.45) is 0 Å². The highest BCUT2D eigenvalue weighted by molar-refractivity contribution is 5.76. The smallest absolute Gasteiger partial charge is 0.407 e. The molecule has 0 radical (unpaired) electrons. The minimum atomic E-state index is -0.557. The van der Waals surface area contributed by atoms with Crippen molar-refractivity contribution in [2.45, 2.75) is 77.7 Å². The minimum Gasteiger partial charge on any atom is -0.493 e. The zero-order chi connectivity index (χ0) is 39.3. The molecule has 2 amide bonds. The number of nitrogens with zero attached hydrogens (tertiary/aromatic N) is 1. The molecule has 0 bridgehead atoms. The highest BCUT2D eigenvalue weighted by Gasteiger charge is 2.16. The molecule has 3 aromatic carbocycles. The molecular formula is C44H55N3O8. The van der Waals surface area contributed by atoms with E-state index < -0.39 is 11.7 Å². The number of ether oxygens (including phenoxy) is 5. The predicted octanol–water partition coefficient (Wildman–Crippen LogP) is 8.34. The van der Waals surface area contributed by atoms with Crippen LogP contribution in [0.3, 0.4) is 0 Å². The molecule has 294 valence electrons. The molecule has 0 aliphatic carbocycles. The summed E-state index contributed by atoms with van der Waals surface area (Å²) in [5, 5.41) is 5.54. The van der Waals surface area contributed by atoms with Crippen LogP contribution in [0, 0.1) is 0 Å². The van der Waals surface area contributed by atoms with Crippen molar-refractivity contribution >= 4 is 18.0 Å². The Morgan fingerprint density at radius 1 is 0.636 bits per heavy atom. The van der Waals surface area contributed by atoms with Gasteiger partial charge in [-0.3, -0.25) is 9.59 Å². The maximum Gasteiger partial charge on any atom is 0.407 e. The average molecular weight is 754 g/mol. The Hall–Kier alpha value is -5.58. The van der Waals surface area contributed by atoms with Crippen LogP contribution >= 0.6 is 0 Å². The SMILES string of the molecule is COC(=O)CCc1c(OCCCCCOc2cc(-c3ccccc3)cc(-c3ccccc3)n2)cccc1OCCCC(=O)NCCCNC(=O)OC(C)(C)C. The van der Waals surface area contributed by atoms with Crippen LogP contribution in [0.15, 0.2) is 91.0 Å². The molecule has 55 heavy (non-hydrogen) atoms. The molecule has 0 unspecified atom stereocenters. The van der Waals surface area contributed by atoms with Gasteiger partial charge in [0.25, 0.3) is 0 Å². The predicted molar refractivity (Wildman–Crippen MR) is 213 cm³/mol. The zero-order valence-electron chi connectivity index (χ0n) is 32.6. The first-order valence-electron chi connectivity index (χ1n) is 19.0. The van der Waals surface area contributed by atoms with Crippen LogP contribution in [-0.2, 0) is 25.5 Å². The summed E-state index contributed by atoms with van der Waals surface area (Å²) in [5.74, 6) is 1.45. The first-order valence-corrected chi connectivity index (χ1v) is 19.0. The fourth-order valence-corrected chi connectivity index (χ4v) is 5.59. The Kier molecular flexibility index (Phi) is 17.3. The number of unbranched alkanes of at least 4 members (excludes halogenated alkanes) is 2. The summed E-state index contributed by atoms with van der Waals surface area (Å²) in [7, 11) is 1.37. The molecule has 11 heteroatoms. The van der Waals surface area contributed by atoms with E-state index in [2.05, 4.69) is 28.8 Å². The lowest BCUT2D eigenvalue weighted by Gasteiger charge is -2.19. The van der Waals surface area contributed by atoms with Gasteiger partial charge < -0.3 is 34.3 Å². The van der Waals surface area contributed by atoms with Crippen molar-refractivity contribution in [1.29, 1.82) is 0 Å². The molecule has 0 saturated heterocycles. The molecule has 0 atom stereocenters. The number of carbonyl (C=O) groups is 3. The largest absolute Gasteiger partial charge is 0.493 e. The molecule has 4 aromatic rings. The number of benzene rings is 3. The van der Waals surface area contributed by atoms with E-state index in [9.17, 15) is 14.4 Å². The van der Waals surface area contributed by atoms with Gasteiger partial charge in [-0.15, -0.1) is 0 Å². The van der Waals surface area contributed by atoms with Crippen molar-refractivity contribution in [2.75, 3.05) is 40.0 Å². The molecule has 0 fully saturated rings. The molecule has 0 spiro atoms. The second kappa shape index (κ2) is 22.6. The number of amides is 2. The summed E-state index contributed by atoms with van der Waals surface area (Å²) in [6.07, 6.45) is 4.01. The maximum absolute atomic E-state index is 12.3. The normalized spacial score (nSPS) is 11.0. The van der Waals surface area contributed by atoms with Crippen molar-refractivity contribution < 1.29 is 38.1 Å². The lowest BCUT2D eigenvalue weighted by atomic mass is 10.0. The number of esters is 1. The third-order valence-electron chi connectivity index (χ3n) is 8.32. The highest BCUT2D eigenvalue weighted by Crippen LogP contribution is 2.31. The molecular weight excluding hydrogens is 698 g/mol. The van der Waals surface area contributed by atoms with E-state index in [-0.39, 0.29) is 18.3 Å². The van der Waals surface area contributed by atoms with Crippen LogP contribution in [0.25, 0.3) is 22.4 Å². The molecule has 2 N–H and O–H groups in total. The van der Waals surface area contributed by atoms with Crippen molar-refractivity contribution in [3.05, 3.63) is 96.6 Å². The second-order valence-corrected chi connectivity index (χ2v) is 14.0. The summed E-state index contributed by atoms with van der Waals surface area (Å²) >= 11 is 0. The van der Waals surface area contributed by atoms with E-state index in [0.29, 0.717) is 76.0 Å². The topological polar surface area (TPSA) is 134 Å². The van der Waals surface area contributed by atoms with Gasteiger partial charge in [0.1, 0.15) is 17.1 Å². The first kappa shape index (κ1) is 42.2. The molecule has 1 heterocycles. The lowest BCUT2D eigenvalue weighted by Crippen LogP contribution is -2.34. The van der Waals surface area contributed by atoms with Crippen LogP contribution in [-0.4, -0.2) is 68.6 Å². The maximum atomic E-state index is 12.3. The number of carbonyl (C=O) groups excluding carboxylic acids is 3. The van der Waals surface area contributed by atoms with Gasteiger partial charge in [-0.2, -0.15) is 0 Å². The van der Waals surface area contributed by atoms with Gasteiger partial charge in [-0.1, -0.05) is 66.7 Å². The summed E-state index contributed by atoms with van der Waals surface area (Å²) in [6.45, 7) is 7.58. The summed E-state index contributed by atoms with van der Waals surface area (Å²) in [6, 6.07) is 30.0. The molecule has 11 nitrogen and oxygen atoms in total. The molecule has 0 aliphatic rings. The number of alkyl carbamates (subject to hydrolysis) is 1. The second-order valence-electron chi connectivity index (χ2n) is 14.0. The van der Waals surface area contributed by atoms with E-state index in [0.717, 1.165) is 47.2 Å². The summed E-state index contributed by atoms with van der Waals surface area (Å²) in [5.41, 5.74) is 4.28. The van der Waals surface area contributed by atoms with Crippen LogP contribution in [0.4, 0.5) is 4.79 Å². The summed E-state index contributed by atoms with van der Waals surface area (Å²) in [4.78, 5) is 40.9. The summed E-state index contributed by atoms with van der Waals surface area (Å²) < 4.78 is 28.5. The van der Waals surface area contributed by atoms with Crippen molar-refractivity contribution in [3.63, 3.8) is 0 Å². The Bertz CT molecular complexity index is 1720. The van der Waals surface area contributed by atoms with E-state index in [1.54, 1.807) is 20.8 Å². The average Bonchev–Trinajstić information content (AvgIpc) is 3.18. The fourth-order valence-electron chi connectivity index (χ4n) is 5.59. The van der Waals surface area contributed by atoms with Crippen LogP contribution < -0.4 is 24.8 Å². The van der Waals surface area contributed by atoms with Crippen LogP contribution in [0.5, 0.6) is 17.4 Å². The van der Waals surface area contributed by atoms with E-state index in [1.807, 2.05) is 72.8 Å². The van der Waals surface area contributed by atoms with Gasteiger partial charge in [0.15, 0.2) is 0 Å². The van der Waals surface area contributed by atoms with E-state index in [1.165, 1.54) is 7.11 Å². The third kappa shape index (κ3) is 15.7. The number of hydrogen-bond donors (Lipinski definition) is 2. The van der Waals surface area contributed by atoms with Gasteiger partial charge in [-0.05, 0) is 88.6 Å². The number of aromatic nitrogens is 1. The van der Waals surface area contributed by atoms with Gasteiger partial charge in [0.05, 0.1) is 32.6 Å². The van der Waals surface area contributed by atoms with Gasteiger partial charge in [-0.25, -0.2) is 9.78 Å². The number of pyridine rings is 1. The van der Waals surface area contributed by atoms with Crippen molar-refractivity contribution in [1.82, 2.24) is 15.6 Å². The van der Waals surface area contributed by atoms with Gasteiger partial charge >= 0.3 is 12.1 Å². The quantitative estimate of drug-likeness (QED) is 0.0600. The number of rotatable bonds is 22.